The molecule has 2 aliphatic rings. The molecule has 1 aromatic carbocycles. The van der Waals surface area contributed by atoms with Crippen molar-refractivity contribution in [1.82, 2.24) is 9.21 Å². The van der Waals surface area contributed by atoms with Gasteiger partial charge in [0.05, 0.1) is 4.90 Å². The van der Waals surface area contributed by atoms with Crippen molar-refractivity contribution in [1.29, 1.82) is 0 Å². The number of carbonyl (C=O) groups is 1. The fourth-order valence-corrected chi connectivity index (χ4v) is 5.10. The second-order valence-electron chi connectivity index (χ2n) is 7.02. The minimum atomic E-state index is -3.48. The van der Waals surface area contributed by atoms with Gasteiger partial charge >= 0.3 is 0 Å². The fourth-order valence-electron chi connectivity index (χ4n) is 3.58. The lowest BCUT2D eigenvalue weighted by atomic mass is 10.1. The van der Waals surface area contributed by atoms with Crippen molar-refractivity contribution in [3.8, 4) is 0 Å². The van der Waals surface area contributed by atoms with Gasteiger partial charge in [-0.3, -0.25) is 4.79 Å². The van der Waals surface area contributed by atoms with Crippen LogP contribution in [0.25, 0.3) is 0 Å². The van der Waals surface area contributed by atoms with Gasteiger partial charge in [0, 0.05) is 32.1 Å². The maximum absolute atomic E-state index is 13.0. The number of sulfonamides is 1. The van der Waals surface area contributed by atoms with Gasteiger partial charge in [0.1, 0.15) is 0 Å². The Balaban J connectivity index is 1.77. The van der Waals surface area contributed by atoms with Crippen LogP contribution < -0.4 is 0 Å². The number of rotatable bonds is 3. The summed E-state index contributed by atoms with van der Waals surface area (Å²) in [5, 5.41) is 0. The van der Waals surface area contributed by atoms with Crippen molar-refractivity contribution in [2.24, 2.45) is 5.92 Å². The van der Waals surface area contributed by atoms with E-state index < -0.39 is 10.0 Å². The first kappa shape index (κ1) is 17.4. The maximum atomic E-state index is 13.0. The molecule has 1 saturated heterocycles. The van der Waals surface area contributed by atoms with E-state index in [0.717, 1.165) is 19.3 Å². The summed E-state index contributed by atoms with van der Waals surface area (Å²) in [6.45, 7) is 5.71. The van der Waals surface area contributed by atoms with Crippen LogP contribution in [-0.4, -0.2) is 49.7 Å². The molecule has 0 radical (unpaired) electrons. The molecule has 1 fully saturated rings. The molecule has 1 heterocycles. The van der Waals surface area contributed by atoms with Crippen LogP contribution in [0.4, 0.5) is 0 Å². The van der Waals surface area contributed by atoms with Gasteiger partial charge in [0.2, 0.25) is 15.9 Å². The molecule has 0 saturated carbocycles. The fraction of sp³-hybridized carbons (Fsp3) is 0.611. The Kier molecular flexibility index (Phi) is 4.97. The second-order valence-corrected chi connectivity index (χ2v) is 8.96. The zero-order valence-corrected chi connectivity index (χ0v) is 15.3. The van der Waals surface area contributed by atoms with E-state index in [4.69, 9.17) is 0 Å². The number of hydrogen-bond acceptors (Lipinski definition) is 3. The van der Waals surface area contributed by atoms with Crippen LogP contribution >= 0.6 is 0 Å². The number of carbonyl (C=O) groups excluding carboxylic acids is 1. The molecule has 0 aromatic heterocycles. The molecule has 24 heavy (non-hydrogen) atoms. The number of aryl methyl sites for hydroxylation is 2. The predicted octanol–water partition coefficient (Wildman–Crippen LogP) is 2.05. The Morgan fingerprint density at radius 3 is 2.50 bits per heavy atom. The van der Waals surface area contributed by atoms with Crippen molar-refractivity contribution in [3.63, 3.8) is 0 Å². The lowest BCUT2D eigenvalue weighted by Crippen LogP contribution is -2.38. The van der Waals surface area contributed by atoms with Crippen LogP contribution in [0.5, 0.6) is 0 Å². The van der Waals surface area contributed by atoms with E-state index in [0.29, 0.717) is 37.5 Å². The van der Waals surface area contributed by atoms with Gasteiger partial charge in [-0.2, -0.15) is 4.31 Å². The summed E-state index contributed by atoms with van der Waals surface area (Å²) >= 11 is 0. The monoisotopic (exact) mass is 350 g/mol. The molecule has 0 atom stereocenters. The highest BCUT2D eigenvalue weighted by Gasteiger charge is 2.29. The molecule has 1 aliphatic carbocycles. The Hall–Kier alpha value is -1.40. The maximum Gasteiger partial charge on any atom is 0.243 e. The lowest BCUT2D eigenvalue weighted by molar-refractivity contribution is -0.134. The third-order valence-electron chi connectivity index (χ3n) is 4.97. The first-order chi connectivity index (χ1) is 11.4. The van der Waals surface area contributed by atoms with Crippen LogP contribution in [0.15, 0.2) is 23.1 Å². The summed E-state index contributed by atoms with van der Waals surface area (Å²) in [7, 11) is -3.48. The van der Waals surface area contributed by atoms with Gasteiger partial charge in [0.15, 0.2) is 0 Å². The molecule has 1 aromatic rings. The van der Waals surface area contributed by atoms with Crippen molar-refractivity contribution in [3.05, 3.63) is 29.3 Å². The summed E-state index contributed by atoms with van der Waals surface area (Å²) in [5.74, 6) is 0.0525. The van der Waals surface area contributed by atoms with E-state index in [1.165, 1.54) is 15.4 Å². The van der Waals surface area contributed by atoms with E-state index >= 15 is 0 Å². The highest BCUT2D eigenvalue weighted by atomic mass is 32.2. The Morgan fingerprint density at radius 2 is 1.75 bits per heavy atom. The summed E-state index contributed by atoms with van der Waals surface area (Å²) in [5.41, 5.74) is 2.45. The first-order valence-electron chi connectivity index (χ1n) is 8.80. The van der Waals surface area contributed by atoms with Crippen molar-refractivity contribution in [2.75, 3.05) is 26.2 Å². The second kappa shape index (κ2) is 6.84. The third-order valence-corrected chi connectivity index (χ3v) is 6.86. The van der Waals surface area contributed by atoms with Gasteiger partial charge in [-0.25, -0.2) is 8.42 Å². The predicted molar refractivity (Wildman–Crippen MR) is 93.3 cm³/mol. The summed E-state index contributed by atoms with van der Waals surface area (Å²) < 4.78 is 27.5. The molecular formula is C18H26N2O3S. The van der Waals surface area contributed by atoms with Crippen molar-refractivity contribution < 1.29 is 13.2 Å². The van der Waals surface area contributed by atoms with Gasteiger partial charge in [-0.15, -0.1) is 0 Å². The summed E-state index contributed by atoms with van der Waals surface area (Å²) in [6, 6.07) is 5.54. The number of nitrogens with zero attached hydrogens (tertiary/aromatic N) is 2. The Morgan fingerprint density at radius 1 is 1.00 bits per heavy atom. The van der Waals surface area contributed by atoms with Crippen LogP contribution in [0, 0.1) is 5.92 Å². The number of hydrogen-bond donors (Lipinski definition) is 0. The number of amides is 1. The van der Waals surface area contributed by atoms with E-state index in [9.17, 15) is 13.2 Å². The molecule has 1 amide bonds. The molecule has 1 aliphatic heterocycles. The normalized spacial score (nSPS) is 19.4. The standard InChI is InChI=1S/C18H26N2O3S/c1-14(2)18(21)19-9-4-10-20(12-11-19)24(22,23)17-8-7-15-5-3-6-16(15)13-17/h7-8,13-14H,3-6,9-12H2,1-2H3. The first-order valence-corrected chi connectivity index (χ1v) is 10.2. The lowest BCUT2D eigenvalue weighted by Gasteiger charge is -2.23. The highest BCUT2D eigenvalue weighted by Crippen LogP contribution is 2.26. The Labute approximate surface area is 144 Å². The quantitative estimate of drug-likeness (QED) is 0.838. The number of benzene rings is 1. The van der Waals surface area contributed by atoms with Gasteiger partial charge in [-0.1, -0.05) is 19.9 Å². The topological polar surface area (TPSA) is 57.7 Å². The minimum absolute atomic E-state index is 0.0510. The molecule has 0 bridgehead atoms. The van der Waals surface area contributed by atoms with Crippen LogP contribution in [0.1, 0.15) is 37.8 Å². The van der Waals surface area contributed by atoms with Crippen LogP contribution in [0.3, 0.4) is 0 Å². The summed E-state index contributed by atoms with van der Waals surface area (Å²) in [6.07, 6.45) is 3.80. The molecule has 132 valence electrons. The average molecular weight is 350 g/mol. The molecule has 3 rings (SSSR count). The minimum Gasteiger partial charge on any atom is -0.341 e. The average Bonchev–Trinajstić information content (AvgIpc) is 2.88. The SMILES string of the molecule is CC(C)C(=O)N1CCCN(S(=O)(=O)c2ccc3c(c2)CCC3)CC1. The smallest absolute Gasteiger partial charge is 0.243 e. The van der Waals surface area contributed by atoms with E-state index in [1.807, 2.05) is 26.0 Å². The molecule has 0 unspecified atom stereocenters. The van der Waals surface area contributed by atoms with Crippen LogP contribution in [-0.2, 0) is 27.7 Å². The van der Waals surface area contributed by atoms with Crippen molar-refractivity contribution in [2.45, 2.75) is 44.4 Å². The zero-order chi connectivity index (χ0) is 17.3. The van der Waals surface area contributed by atoms with E-state index in [2.05, 4.69) is 0 Å². The molecule has 0 spiro atoms. The van der Waals surface area contributed by atoms with Gasteiger partial charge in [0.25, 0.3) is 0 Å². The van der Waals surface area contributed by atoms with E-state index in [-0.39, 0.29) is 11.8 Å². The van der Waals surface area contributed by atoms with Gasteiger partial charge < -0.3 is 4.90 Å². The third kappa shape index (κ3) is 3.35. The van der Waals surface area contributed by atoms with E-state index in [1.54, 1.807) is 11.0 Å². The largest absolute Gasteiger partial charge is 0.341 e. The highest BCUT2D eigenvalue weighted by molar-refractivity contribution is 7.89. The Bertz CT molecular complexity index is 728. The van der Waals surface area contributed by atoms with Crippen molar-refractivity contribution >= 4 is 15.9 Å². The molecule has 5 nitrogen and oxygen atoms in total. The molecule has 6 heteroatoms. The number of fused-ring (bicyclic) bond motifs is 1. The van der Waals surface area contributed by atoms with Crippen LogP contribution in [0.2, 0.25) is 0 Å². The molecular weight excluding hydrogens is 324 g/mol. The zero-order valence-electron chi connectivity index (χ0n) is 14.5. The van der Waals surface area contributed by atoms with Gasteiger partial charge in [-0.05, 0) is 48.9 Å². The molecule has 0 N–H and O–H groups in total. The summed E-state index contributed by atoms with van der Waals surface area (Å²) in [4.78, 5) is 14.4.